The minimum atomic E-state index is -0.472. The van der Waals surface area contributed by atoms with Gasteiger partial charge in [0.2, 0.25) is 5.91 Å². The number of nitrogens with zero attached hydrogens (tertiary/aromatic N) is 1. The Hall–Kier alpha value is -1.13. The summed E-state index contributed by atoms with van der Waals surface area (Å²) in [6.45, 7) is 3.28. The molecule has 0 radical (unpaired) electrons. The van der Waals surface area contributed by atoms with Crippen molar-refractivity contribution in [3.63, 3.8) is 0 Å². The van der Waals surface area contributed by atoms with Crippen LogP contribution in [0.2, 0.25) is 0 Å². The Kier molecular flexibility index (Phi) is 5.96. The molecule has 0 saturated carbocycles. The summed E-state index contributed by atoms with van der Waals surface area (Å²) in [5.74, 6) is -0.184. The van der Waals surface area contributed by atoms with Crippen molar-refractivity contribution in [1.29, 1.82) is 0 Å². The van der Waals surface area contributed by atoms with Crippen molar-refractivity contribution in [3.05, 3.63) is 35.6 Å². The maximum Gasteiger partial charge on any atom is 0.242 e. The molecule has 112 valence electrons. The number of piperidine rings is 1. The number of rotatable bonds is 3. The van der Waals surface area contributed by atoms with E-state index in [-0.39, 0.29) is 24.1 Å². The number of nitrogens with one attached hydrogen (secondary N) is 1. The Morgan fingerprint density at radius 1 is 1.45 bits per heavy atom. The highest BCUT2D eigenvalue weighted by Crippen LogP contribution is 2.21. The minimum absolute atomic E-state index is 0. The van der Waals surface area contributed by atoms with Gasteiger partial charge in [0.25, 0.3) is 0 Å². The molecule has 3 nitrogen and oxygen atoms in total. The van der Waals surface area contributed by atoms with Gasteiger partial charge in [0, 0.05) is 13.6 Å². The van der Waals surface area contributed by atoms with Gasteiger partial charge in [-0.15, -0.1) is 12.4 Å². The molecule has 0 aliphatic carbocycles. The Morgan fingerprint density at radius 2 is 2.20 bits per heavy atom. The van der Waals surface area contributed by atoms with Gasteiger partial charge >= 0.3 is 0 Å². The third kappa shape index (κ3) is 3.93. The molecule has 20 heavy (non-hydrogen) atoms. The molecular formula is C15H22ClFN2O. The topological polar surface area (TPSA) is 32.3 Å². The lowest BCUT2D eigenvalue weighted by molar-refractivity contribution is -0.137. The second-order valence-corrected chi connectivity index (χ2v) is 5.51. The molecule has 2 rings (SSSR count). The quantitative estimate of drug-likeness (QED) is 0.931. The summed E-state index contributed by atoms with van der Waals surface area (Å²) in [4.78, 5) is 14.2. The average Bonchev–Trinajstić information content (AvgIpc) is 2.38. The third-order valence-electron chi connectivity index (χ3n) is 3.75. The molecule has 1 N–H and O–H groups in total. The van der Waals surface area contributed by atoms with Gasteiger partial charge in [-0.1, -0.05) is 12.1 Å². The molecule has 1 aromatic carbocycles. The van der Waals surface area contributed by atoms with Gasteiger partial charge in [-0.3, -0.25) is 4.79 Å². The minimum Gasteiger partial charge on any atom is -0.340 e. The second-order valence-electron chi connectivity index (χ2n) is 5.51. The summed E-state index contributed by atoms with van der Waals surface area (Å²) in [5, 5.41) is 3.31. The monoisotopic (exact) mass is 300 g/mol. The van der Waals surface area contributed by atoms with Gasteiger partial charge in [0.05, 0.1) is 5.54 Å². The first-order valence-electron chi connectivity index (χ1n) is 6.76. The van der Waals surface area contributed by atoms with E-state index in [0.29, 0.717) is 6.54 Å². The van der Waals surface area contributed by atoms with Crippen molar-refractivity contribution in [3.8, 4) is 0 Å². The van der Waals surface area contributed by atoms with Gasteiger partial charge in [0.1, 0.15) is 5.82 Å². The fourth-order valence-corrected chi connectivity index (χ4v) is 2.64. The summed E-state index contributed by atoms with van der Waals surface area (Å²) in [7, 11) is 1.77. The molecule has 1 fully saturated rings. The molecule has 1 aliphatic heterocycles. The zero-order valence-electron chi connectivity index (χ0n) is 12.0. The normalized spacial score (nSPS) is 21.9. The Balaban J connectivity index is 0.00000200. The Labute approximate surface area is 125 Å². The first-order valence-corrected chi connectivity index (χ1v) is 6.76. The predicted molar refractivity (Wildman–Crippen MR) is 80.4 cm³/mol. The van der Waals surface area contributed by atoms with Crippen molar-refractivity contribution in [2.45, 2.75) is 38.3 Å². The highest BCUT2D eigenvalue weighted by Gasteiger charge is 2.36. The van der Waals surface area contributed by atoms with Crippen molar-refractivity contribution in [2.24, 2.45) is 0 Å². The summed E-state index contributed by atoms with van der Waals surface area (Å²) in [5.41, 5.74) is 0.343. The van der Waals surface area contributed by atoms with Crippen LogP contribution in [0.1, 0.15) is 31.7 Å². The van der Waals surface area contributed by atoms with E-state index in [4.69, 9.17) is 0 Å². The van der Waals surface area contributed by atoms with Crippen LogP contribution in [0.3, 0.4) is 0 Å². The number of carbonyl (C=O) groups excluding carboxylic acids is 1. The zero-order chi connectivity index (χ0) is 13.9. The Morgan fingerprint density at radius 3 is 2.80 bits per heavy atom. The fourth-order valence-electron chi connectivity index (χ4n) is 2.64. The van der Waals surface area contributed by atoms with Crippen LogP contribution in [0.25, 0.3) is 0 Å². The number of carbonyl (C=O) groups is 1. The van der Waals surface area contributed by atoms with Gasteiger partial charge in [0.15, 0.2) is 0 Å². The van der Waals surface area contributed by atoms with E-state index < -0.39 is 5.54 Å². The molecule has 1 aromatic rings. The summed E-state index contributed by atoms with van der Waals surface area (Å²) in [6.07, 6.45) is 3.05. The largest absolute Gasteiger partial charge is 0.340 e. The number of halogens is 2. The van der Waals surface area contributed by atoms with Crippen molar-refractivity contribution in [1.82, 2.24) is 10.2 Å². The van der Waals surface area contributed by atoms with Crippen molar-refractivity contribution < 1.29 is 9.18 Å². The smallest absolute Gasteiger partial charge is 0.242 e. The predicted octanol–water partition coefficient (Wildman–Crippen LogP) is 2.74. The van der Waals surface area contributed by atoms with Crippen LogP contribution < -0.4 is 5.32 Å². The molecule has 5 heteroatoms. The van der Waals surface area contributed by atoms with Gasteiger partial charge in [-0.2, -0.15) is 0 Å². The fraction of sp³-hybridized carbons (Fsp3) is 0.533. The third-order valence-corrected chi connectivity index (χ3v) is 3.75. The van der Waals surface area contributed by atoms with E-state index in [9.17, 15) is 9.18 Å². The van der Waals surface area contributed by atoms with Gasteiger partial charge in [-0.05, 0) is 50.4 Å². The van der Waals surface area contributed by atoms with Gasteiger partial charge < -0.3 is 10.2 Å². The van der Waals surface area contributed by atoms with Gasteiger partial charge in [-0.25, -0.2) is 4.39 Å². The van der Waals surface area contributed by atoms with Crippen LogP contribution >= 0.6 is 12.4 Å². The lowest BCUT2D eigenvalue weighted by Gasteiger charge is -2.36. The highest BCUT2D eigenvalue weighted by molar-refractivity contribution is 5.86. The van der Waals surface area contributed by atoms with E-state index >= 15 is 0 Å². The van der Waals surface area contributed by atoms with Crippen LogP contribution in [0, 0.1) is 5.82 Å². The van der Waals surface area contributed by atoms with E-state index in [1.807, 2.05) is 13.0 Å². The molecule has 1 amide bonds. The van der Waals surface area contributed by atoms with E-state index in [0.717, 1.165) is 31.4 Å². The van der Waals surface area contributed by atoms with Crippen LogP contribution in [0.4, 0.5) is 4.39 Å². The van der Waals surface area contributed by atoms with Crippen LogP contribution in [-0.4, -0.2) is 29.9 Å². The molecule has 0 spiro atoms. The summed E-state index contributed by atoms with van der Waals surface area (Å²) in [6, 6.07) is 6.39. The maximum absolute atomic E-state index is 13.1. The number of likely N-dealkylation sites (N-methyl/N-ethyl adjacent to an activating group) is 1. The molecule has 1 heterocycles. The maximum atomic E-state index is 13.1. The van der Waals surface area contributed by atoms with Crippen LogP contribution in [0.5, 0.6) is 0 Å². The molecule has 1 aliphatic rings. The molecule has 1 atom stereocenters. The number of benzene rings is 1. The standard InChI is InChI=1S/C15H21FN2O.ClH/c1-15(8-3-4-9-17-15)14(19)18(2)11-12-6-5-7-13(16)10-12;/h5-7,10,17H,3-4,8-9,11H2,1-2H3;1H. The van der Waals surface area contributed by atoms with Crippen LogP contribution in [-0.2, 0) is 11.3 Å². The number of amides is 1. The highest BCUT2D eigenvalue weighted by atomic mass is 35.5. The van der Waals surface area contributed by atoms with Crippen molar-refractivity contribution in [2.75, 3.05) is 13.6 Å². The molecule has 1 saturated heterocycles. The van der Waals surface area contributed by atoms with E-state index in [1.54, 1.807) is 18.0 Å². The summed E-state index contributed by atoms with van der Waals surface area (Å²) >= 11 is 0. The molecule has 0 aromatic heterocycles. The molecule has 0 bridgehead atoms. The summed E-state index contributed by atoms with van der Waals surface area (Å²) < 4.78 is 13.1. The second kappa shape index (κ2) is 7.04. The Bertz CT molecular complexity index is 461. The first-order chi connectivity index (χ1) is 9.01. The lowest BCUT2D eigenvalue weighted by atomic mass is 9.89. The van der Waals surface area contributed by atoms with Crippen molar-refractivity contribution >= 4 is 18.3 Å². The molecular weight excluding hydrogens is 279 g/mol. The van der Waals surface area contributed by atoms with E-state index in [2.05, 4.69) is 5.32 Å². The zero-order valence-corrected chi connectivity index (χ0v) is 12.8. The molecule has 1 unspecified atom stereocenters. The van der Waals surface area contributed by atoms with E-state index in [1.165, 1.54) is 12.1 Å². The number of hydrogen-bond acceptors (Lipinski definition) is 2. The SMILES string of the molecule is CN(Cc1cccc(F)c1)C(=O)C1(C)CCCCN1.Cl. The first kappa shape index (κ1) is 16.9. The lowest BCUT2D eigenvalue weighted by Crippen LogP contribution is -2.57. The number of hydrogen-bond donors (Lipinski definition) is 1. The van der Waals surface area contributed by atoms with Crippen LogP contribution in [0.15, 0.2) is 24.3 Å². The average molecular weight is 301 g/mol.